The molecule has 16 aromatic rings. The molecule has 0 unspecified atom stereocenters. The monoisotopic (exact) mass is 1200 g/mol. The summed E-state index contributed by atoms with van der Waals surface area (Å²) >= 11 is 0. The third-order valence-corrected chi connectivity index (χ3v) is 28.5. The van der Waals surface area contributed by atoms with Crippen LogP contribution >= 0.6 is 0 Å². The van der Waals surface area contributed by atoms with Crippen molar-refractivity contribution in [1.29, 1.82) is 0 Å². The summed E-state index contributed by atoms with van der Waals surface area (Å²) in [5.74, 6) is 0. The maximum absolute atomic E-state index is 2.81. The zero-order valence-corrected chi connectivity index (χ0v) is 52.8. The topological polar surface area (TPSA) is 6.48 Å². The van der Waals surface area contributed by atoms with Crippen molar-refractivity contribution in [2.45, 2.75) is 0 Å². The Balaban J connectivity index is 0.879. The van der Waals surface area contributed by atoms with Gasteiger partial charge in [-0.05, 0) is 146 Å². The number of benzene rings is 16. The number of hydrogen-bond donors (Lipinski definition) is 0. The molecular formula is C88H64N2Si2. The van der Waals surface area contributed by atoms with Gasteiger partial charge < -0.3 is 9.80 Å². The van der Waals surface area contributed by atoms with Crippen LogP contribution in [0.4, 0.5) is 34.1 Å². The van der Waals surface area contributed by atoms with Crippen LogP contribution in [0.3, 0.4) is 0 Å². The van der Waals surface area contributed by atoms with Gasteiger partial charge in [-0.2, -0.15) is 0 Å². The molecular weight excluding hydrogens is 1140 g/mol. The SMILES string of the molecule is c1ccc(-c2ccc(N(c3ccc([Si](c4ccccc4)(c4ccccc4)c4ccccc4)cc3)c3ccc4ccc5c(N(c6ccc(-c7ccccc7)cc6)c6ccc([Si](c7ccccc7)(c7ccccc7)c7ccccc7)cc6)ccc6ccc3c4c65)cc2)cc1. The van der Waals surface area contributed by atoms with E-state index in [9.17, 15) is 0 Å². The molecule has 0 N–H and O–H groups in total. The molecule has 92 heavy (non-hydrogen) atoms. The van der Waals surface area contributed by atoms with Gasteiger partial charge in [0.2, 0.25) is 0 Å². The lowest BCUT2D eigenvalue weighted by atomic mass is 9.91. The molecule has 0 fully saturated rings. The first kappa shape index (κ1) is 55.9. The highest BCUT2D eigenvalue weighted by molar-refractivity contribution is 7.20. The van der Waals surface area contributed by atoms with Gasteiger partial charge in [0, 0.05) is 33.5 Å². The lowest BCUT2D eigenvalue weighted by Gasteiger charge is -2.35. The summed E-state index contributed by atoms with van der Waals surface area (Å²) in [5.41, 5.74) is 11.3. The minimum absolute atomic E-state index is 1.08. The second-order valence-electron chi connectivity index (χ2n) is 23.9. The van der Waals surface area contributed by atoms with Crippen molar-refractivity contribution >= 4 is 124 Å². The quantitative estimate of drug-likeness (QED) is 0.0540. The van der Waals surface area contributed by atoms with Crippen molar-refractivity contribution in [3.63, 3.8) is 0 Å². The van der Waals surface area contributed by atoms with Crippen LogP contribution in [-0.2, 0) is 0 Å². The molecule has 0 amide bonds. The van der Waals surface area contributed by atoms with E-state index in [0.29, 0.717) is 0 Å². The molecule has 0 aliphatic heterocycles. The lowest BCUT2D eigenvalue weighted by molar-refractivity contribution is 1.30. The van der Waals surface area contributed by atoms with E-state index in [0.717, 1.165) is 34.1 Å². The average molecular weight is 1210 g/mol. The molecule has 0 radical (unpaired) electrons. The first-order valence-electron chi connectivity index (χ1n) is 31.8. The standard InChI is InChI=1S/C88H64N2Si2/c1-9-25-65(26-10-1)67-41-49-71(50-42-67)89(73-53-57-81(58-54-73)91(75-29-13-3-14-30-75,76-31-15-4-16-32-76)77-33-17-5-18-34-77)85-63-47-69-46-62-84-86(64-48-70-45-61-83(85)87(69)88(70)84)90(72-51-43-68(44-52-72)66-27-11-2-12-28-66)74-55-59-82(60-56-74)92(78-35-19-6-20-36-78,79-37-21-7-22-38-79)80-39-23-8-24-40-80/h1-64H. The molecule has 0 aliphatic carbocycles. The van der Waals surface area contributed by atoms with Gasteiger partial charge in [0.15, 0.2) is 16.1 Å². The Morgan fingerprint density at radius 1 is 0.163 bits per heavy atom. The smallest absolute Gasteiger partial charge is 0.179 e. The van der Waals surface area contributed by atoms with Gasteiger partial charge in [-0.1, -0.05) is 328 Å². The molecule has 0 heterocycles. The molecule has 0 saturated heterocycles. The van der Waals surface area contributed by atoms with Gasteiger partial charge in [0.1, 0.15) is 0 Å². The fourth-order valence-electron chi connectivity index (χ4n) is 14.7. The minimum atomic E-state index is -2.81. The molecule has 0 bridgehead atoms. The van der Waals surface area contributed by atoms with Crippen LogP contribution in [0.2, 0.25) is 0 Å². The Hall–Kier alpha value is -11.4. The molecule has 0 spiro atoms. The Morgan fingerprint density at radius 3 is 0.630 bits per heavy atom. The number of nitrogens with zero attached hydrogens (tertiary/aromatic N) is 2. The van der Waals surface area contributed by atoms with E-state index < -0.39 is 16.1 Å². The highest BCUT2D eigenvalue weighted by Crippen LogP contribution is 2.48. The van der Waals surface area contributed by atoms with E-state index in [-0.39, 0.29) is 0 Å². The number of anilines is 6. The van der Waals surface area contributed by atoms with Crippen molar-refractivity contribution in [1.82, 2.24) is 0 Å². The normalized spacial score (nSPS) is 11.7. The third kappa shape index (κ3) is 9.72. The van der Waals surface area contributed by atoms with Crippen LogP contribution in [-0.4, -0.2) is 16.1 Å². The second kappa shape index (κ2) is 24.2. The fraction of sp³-hybridized carbons (Fsp3) is 0. The van der Waals surface area contributed by atoms with Crippen molar-refractivity contribution in [2.24, 2.45) is 0 Å². The zero-order valence-electron chi connectivity index (χ0n) is 50.8. The van der Waals surface area contributed by atoms with Crippen molar-refractivity contribution < 1.29 is 0 Å². The van der Waals surface area contributed by atoms with E-state index in [1.54, 1.807) is 0 Å². The maximum atomic E-state index is 2.48. The van der Waals surface area contributed by atoms with Gasteiger partial charge in [-0.15, -0.1) is 0 Å². The summed E-state index contributed by atoms with van der Waals surface area (Å²) in [4.78, 5) is 4.96. The Morgan fingerprint density at radius 2 is 0.370 bits per heavy atom. The predicted molar refractivity (Wildman–Crippen MR) is 398 cm³/mol. The van der Waals surface area contributed by atoms with Crippen molar-refractivity contribution in [3.05, 3.63) is 388 Å². The predicted octanol–water partition coefficient (Wildman–Crippen LogP) is 17.6. The van der Waals surface area contributed by atoms with Gasteiger partial charge in [0.05, 0.1) is 11.4 Å². The summed E-state index contributed by atoms with van der Waals surface area (Å²) in [7, 11) is -5.61. The third-order valence-electron chi connectivity index (χ3n) is 18.9. The molecule has 0 aliphatic rings. The first-order chi connectivity index (χ1) is 45.6. The minimum Gasteiger partial charge on any atom is -0.310 e. The van der Waals surface area contributed by atoms with Gasteiger partial charge in [-0.25, -0.2) is 0 Å². The van der Waals surface area contributed by atoms with Gasteiger partial charge >= 0.3 is 0 Å². The lowest BCUT2D eigenvalue weighted by Crippen LogP contribution is -2.74. The molecule has 0 aromatic heterocycles. The summed E-state index contributed by atoms with van der Waals surface area (Å²) in [6, 6.07) is 145. The van der Waals surface area contributed by atoms with E-state index >= 15 is 0 Å². The largest absolute Gasteiger partial charge is 0.310 e. The van der Waals surface area contributed by atoms with E-state index in [2.05, 4.69) is 398 Å². The second-order valence-corrected chi connectivity index (χ2v) is 31.5. The molecule has 434 valence electrons. The van der Waals surface area contributed by atoms with Crippen LogP contribution < -0.4 is 51.3 Å². The van der Waals surface area contributed by atoms with Crippen LogP contribution in [0.1, 0.15) is 0 Å². The Bertz CT molecular complexity index is 4610. The van der Waals surface area contributed by atoms with Gasteiger partial charge in [0.25, 0.3) is 0 Å². The van der Waals surface area contributed by atoms with Gasteiger partial charge in [-0.3, -0.25) is 0 Å². The number of rotatable bonds is 16. The summed E-state index contributed by atoms with van der Waals surface area (Å²) in [5, 5.41) is 18.0. The van der Waals surface area contributed by atoms with Crippen molar-refractivity contribution in [2.75, 3.05) is 9.80 Å². The highest BCUT2D eigenvalue weighted by atomic mass is 28.3. The van der Waals surface area contributed by atoms with Crippen LogP contribution in [0.5, 0.6) is 0 Å². The molecule has 0 saturated carbocycles. The van der Waals surface area contributed by atoms with E-state index in [1.807, 2.05) is 0 Å². The average Bonchev–Trinajstić information content (AvgIpc) is 0.809. The van der Waals surface area contributed by atoms with E-state index in [1.165, 1.54) is 96.1 Å². The zero-order chi connectivity index (χ0) is 61.3. The van der Waals surface area contributed by atoms with Crippen molar-refractivity contribution in [3.8, 4) is 22.3 Å². The molecule has 16 aromatic carbocycles. The maximum Gasteiger partial charge on any atom is 0.179 e. The summed E-state index contributed by atoms with van der Waals surface area (Å²) in [6.07, 6.45) is 0. The van der Waals surface area contributed by atoms with Crippen LogP contribution in [0.25, 0.3) is 54.6 Å². The van der Waals surface area contributed by atoms with Crippen LogP contribution in [0.15, 0.2) is 388 Å². The Kier molecular flexibility index (Phi) is 14.7. The first-order valence-corrected chi connectivity index (χ1v) is 35.8. The number of hydrogen-bond acceptors (Lipinski definition) is 2. The molecule has 0 atom stereocenters. The van der Waals surface area contributed by atoms with Crippen LogP contribution in [0, 0.1) is 0 Å². The highest BCUT2D eigenvalue weighted by Gasteiger charge is 2.43. The Labute approximate surface area is 540 Å². The van der Waals surface area contributed by atoms with E-state index in [4.69, 9.17) is 0 Å². The summed E-state index contributed by atoms with van der Waals surface area (Å²) < 4.78 is 0. The molecule has 16 rings (SSSR count). The summed E-state index contributed by atoms with van der Waals surface area (Å²) in [6.45, 7) is 0. The molecule has 4 heteroatoms. The fourth-order valence-corrected chi connectivity index (χ4v) is 24.2. The molecule has 2 nitrogen and oxygen atoms in total.